The minimum absolute atomic E-state index is 0.311. The highest BCUT2D eigenvalue weighted by atomic mass is 79.9. The summed E-state index contributed by atoms with van der Waals surface area (Å²) in [7, 11) is 0. The average molecular weight is 281 g/mol. The average Bonchev–Trinajstić information content (AvgIpc) is 2.16. The summed E-state index contributed by atoms with van der Waals surface area (Å²) in [5, 5.41) is 12.3. The molecule has 0 unspecified atom stereocenters. The summed E-state index contributed by atoms with van der Waals surface area (Å²) in [5.74, 6) is 0. The third-order valence-electron chi connectivity index (χ3n) is 2.29. The van der Waals surface area contributed by atoms with E-state index >= 15 is 0 Å². The summed E-state index contributed by atoms with van der Waals surface area (Å²) in [6, 6.07) is 7.84. The Morgan fingerprint density at radius 1 is 1.38 bits per heavy atom. The summed E-state index contributed by atoms with van der Waals surface area (Å²) >= 11 is 3.41. The first-order chi connectivity index (χ1) is 7.42. The molecule has 0 radical (unpaired) electrons. The molecule has 1 rings (SSSR count). The minimum Gasteiger partial charge on any atom is -0.384 e. The number of rotatable bonds is 3. The molecule has 1 aromatic rings. The van der Waals surface area contributed by atoms with E-state index in [2.05, 4.69) is 48.1 Å². The van der Waals surface area contributed by atoms with Gasteiger partial charge in [0.05, 0.1) is 11.3 Å². The fourth-order valence-electron chi connectivity index (χ4n) is 1.33. The maximum atomic E-state index is 8.96. The molecule has 0 fully saturated rings. The molecule has 0 heterocycles. The fraction of sp³-hybridized carbons (Fsp3) is 0.462. The van der Waals surface area contributed by atoms with Crippen molar-refractivity contribution in [2.75, 3.05) is 11.9 Å². The lowest BCUT2D eigenvalue weighted by molar-refractivity contribution is 0.390. The zero-order chi connectivity index (χ0) is 12.2. The van der Waals surface area contributed by atoms with Crippen LogP contribution >= 0.6 is 15.9 Å². The van der Waals surface area contributed by atoms with Gasteiger partial charge in [0.1, 0.15) is 6.07 Å². The molecule has 1 aromatic carbocycles. The van der Waals surface area contributed by atoms with Crippen molar-refractivity contribution in [1.29, 1.82) is 5.26 Å². The number of hydrogen-bond donors (Lipinski definition) is 1. The minimum atomic E-state index is 0.311. The van der Waals surface area contributed by atoms with E-state index in [1.807, 2.05) is 18.2 Å². The van der Waals surface area contributed by atoms with Gasteiger partial charge >= 0.3 is 0 Å². The number of halogens is 1. The van der Waals surface area contributed by atoms with Gasteiger partial charge in [0.25, 0.3) is 0 Å². The lowest BCUT2D eigenvalue weighted by Crippen LogP contribution is -2.13. The molecule has 0 saturated carbocycles. The van der Waals surface area contributed by atoms with E-state index in [9.17, 15) is 0 Å². The summed E-state index contributed by atoms with van der Waals surface area (Å²) in [4.78, 5) is 0. The standard InChI is InChI=1S/C13H17BrN2/c1-13(2,3)6-7-16-12-8-11(14)5-4-10(12)9-15/h4-5,8,16H,6-7H2,1-3H3. The van der Waals surface area contributed by atoms with E-state index in [0.29, 0.717) is 11.0 Å². The predicted molar refractivity (Wildman–Crippen MR) is 71.4 cm³/mol. The number of anilines is 1. The molecule has 2 nitrogen and oxygen atoms in total. The van der Waals surface area contributed by atoms with Crippen molar-refractivity contribution >= 4 is 21.6 Å². The number of hydrogen-bond acceptors (Lipinski definition) is 2. The van der Waals surface area contributed by atoms with Crippen LogP contribution < -0.4 is 5.32 Å². The molecule has 0 saturated heterocycles. The topological polar surface area (TPSA) is 35.8 Å². The lowest BCUT2D eigenvalue weighted by Gasteiger charge is -2.19. The quantitative estimate of drug-likeness (QED) is 0.902. The van der Waals surface area contributed by atoms with Crippen molar-refractivity contribution < 1.29 is 0 Å². The second-order valence-electron chi connectivity index (χ2n) is 5.04. The van der Waals surface area contributed by atoms with Gasteiger partial charge in [0.2, 0.25) is 0 Å². The molecule has 0 aliphatic carbocycles. The normalized spacial score (nSPS) is 10.9. The molecule has 16 heavy (non-hydrogen) atoms. The Labute approximate surface area is 106 Å². The zero-order valence-corrected chi connectivity index (χ0v) is 11.6. The van der Waals surface area contributed by atoms with Crippen LogP contribution in [0.2, 0.25) is 0 Å². The Balaban J connectivity index is 2.67. The van der Waals surface area contributed by atoms with Gasteiger partial charge < -0.3 is 5.32 Å². The van der Waals surface area contributed by atoms with Gasteiger partial charge in [0.15, 0.2) is 0 Å². The van der Waals surface area contributed by atoms with Crippen molar-refractivity contribution in [2.45, 2.75) is 27.2 Å². The Kier molecular flexibility index (Phi) is 4.37. The van der Waals surface area contributed by atoms with Gasteiger partial charge in [-0.2, -0.15) is 5.26 Å². The third kappa shape index (κ3) is 4.24. The Bertz CT molecular complexity index is 399. The molecule has 3 heteroatoms. The maximum absolute atomic E-state index is 8.96. The SMILES string of the molecule is CC(C)(C)CCNc1cc(Br)ccc1C#N. The van der Waals surface area contributed by atoms with Crippen LogP contribution in [0.5, 0.6) is 0 Å². The first kappa shape index (κ1) is 13.1. The van der Waals surface area contributed by atoms with Gasteiger partial charge in [-0.15, -0.1) is 0 Å². The van der Waals surface area contributed by atoms with Crippen LogP contribution in [0.25, 0.3) is 0 Å². The summed E-state index contributed by atoms with van der Waals surface area (Å²) in [6.45, 7) is 7.51. The molecule has 0 spiro atoms. The van der Waals surface area contributed by atoms with Crippen molar-refractivity contribution in [2.24, 2.45) is 5.41 Å². The van der Waals surface area contributed by atoms with Gasteiger partial charge in [-0.05, 0) is 30.0 Å². The van der Waals surface area contributed by atoms with Crippen LogP contribution in [-0.2, 0) is 0 Å². The summed E-state index contributed by atoms with van der Waals surface area (Å²) < 4.78 is 0.991. The van der Waals surface area contributed by atoms with Crippen LogP contribution in [0.4, 0.5) is 5.69 Å². The van der Waals surface area contributed by atoms with Crippen molar-refractivity contribution in [3.8, 4) is 6.07 Å². The second-order valence-corrected chi connectivity index (χ2v) is 5.95. The molecular formula is C13H17BrN2. The van der Waals surface area contributed by atoms with E-state index < -0.39 is 0 Å². The smallest absolute Gasteiger partial charge is 0.101 e. The summed E-state index contributed by atoms with van der Waals surface area (Å²) in [5.41, 5.74) is 1.91. The zero-order valence-electron chi connectivity index (χ0n) is 9.97. The van der Waals surface area contributed by atoms with Crippen LogP contribution in [0, 0.1) is 16.7 Å². The van der Waals surface area contributed by atoms with Crippen molar-refractivity contribution in [1.82, 2.24) is 0 Å². The molecule has 0 amide bonds. The summed E-state index contributed by atoms with van der Waals surface area (Å²) in [6.07, 6.45) is 1.07. The molecule has 1 N–H and O–H groups in total. The lowest BCUT2D eigenvalue weighted by atomic mass is 9.92. The molecule has 0 aliphatic rings. The van der Waals surface area contributed by atoms with Crippen LogP contribution in [0.3, 0.4) is 0 Å². The van der Waals surface area contributed by atoms with Crippen LogP contribution in [-0.4, -0.2) is 6.54 Å². The Morgan fingerprint density at radius 3 is 2.62 bits per heavy atom. The van der Waals surface area contributed by atoms with Gasteiger partial charge in [0, 0.05) is 11.0 Å². The second kappa shape index (κ2) is 5.36. The van der Waals surface area contributed by atoms with Crippen molar-refractivity contribution in [3.63, 3.8) is 0 Å². The fourth-order valence-corrected chi connectivity index (χ4v) is 1.69. The first-order valence-corrected chi connectivity index (χ1v) is 6.15. The molecule has 0 aliphatic heterocycles. The molecule has 86 valence electrons. The highest BCUT2D eigenvalue weighted by Gasteiger charge is 2.10. The monoisotopic (exact) mass is 280 g/mol. The van der Waals surface area contributed by atoms with E-state index in [1.54, 1.807) is 0 Å². The van der Waals surface area contributed by atoms with Gasteiger partial charge in [-0.1, -0.05) is 36.7 Å². The predicted octanol–water partition coefficient (Wildman–Crippen LogP) is 4.17. The Hall–Kier alpha value is -1.01. The number of nitrogens with one attached hydrogen (secondary N) is 1. The van der Waals surface area contributed by atoms with E-state index in [0.717, 1.165) is 23.1 Å². The highest BCUT2D eigenvalue weighted by Crippen LogP contribution is 2.22. The maximum Gasteiger partial charge on any atom is 0.101 e. The molecule has 0 atom stereocenters. The molecule has 0 aromatic heterocycles. The van der Waals surface area contributed by atoms with E-state index in [1.165, 1.54) is 0 Å². The molecule has 0 bridgehead atoms. The molecular weight excluding hydrogens is 264 g/mol. The largest absolute Gasteiger partial charge is 0.384 e. The van der Waals surface area contributed by atoms with Crippen LogP contribution in [0.15, 0.2) is 22.7 Å². The highest BCUT2D eigenvalue weighted by molar-refractivity contribution is 9.10. The Morgan fingerprint density at radius 2 is 2.06 bits per heavy atom. The number of nitriles is 1. The number of benzene rings is 1. The van der Waals surface area contributed by atoms with Crippen molar-refractivity contribution in [3.05, 3.63) is 28.2 Å². The first-order valence-electron chi connectivity index (χ1n) is 5.36. The van der Waals surface area contributed by atoms with Crippen LogP contribution in [0.1, 0.15) is 32.8 Å². The van der Waals surface area contributed by atoms with Gasteiger partial charge in [-0.3, -0.25) is 0 Å². The van der Waals surface area contributed by atoms with E-state index in [-0.39, 0.29) is 0 Å². The van der Waals surface area contributed by atoms with E-state index in [4.69, 9.17) is 5.26 Å². The third-order valence-corrected chi connectivity index (χ3v) is 2.79. The number of nitrogens with zero attached hydrogens (tertiary/aromatic N) is 1. The van der Waals surface area contributed by atoms with Gasteiger partial charge in [-0.25, -0.2) is 0 Å².